The highest BCUT2D eigenvalue weighted by Crippen LogP contribution is 2.39. The van der Waals surface area contributed by atoms with Gasteiger partial charge in [-0.3, -0.25) is 4.79 Å². The van der Waals surface area contributed by atoms with Crippen molar-refractivity contribution in [3.8, 4) is 0 Å². The Bertz CT molecular complexity index is 491. The van der Waals surface area contributed by atoms with Gasteiger partial charge < -0.3 is 15.3 Å². The lowest BCUT2D eigenvalue weighted by molar-refractivity contribution is -0.141. The molecule has 0 bridgehead atoms. The number of carbonyl (C=O) groups excluding carboxylic acids is 1. The van der Waals surface area contributed by atoms with Gasteiger partial charge in [0.2, 0.25) is 5.91 Å². The highest BCUT2D eigenvalue weighted by molar-refractivity contribution is 5.81. The number of rotatable bonds is 3. The number of nitrogens with one attached hydrogen (secondary N) is 1. The first kappa shape index (κ1) is 14.4. The van der Waals surface area contributed by atoms with Crippen molar-refractivity contribution in [1.29, 1.82) is 0 Å². The van der Waals surface area contributed by atoms with Gasteiger partial charge in [0.15, 0.2) is 0 Å². The average molecular weight is 288 g/mol. The Balaban J connectivity index is 1.54. The molecule has 3 rings (SSSR count). The van der Waals surface area contributed by atoms with E-state index in [0.29, 0.717) is 19.6 Å². The number of anilines is 1. The van der Waals surface area contributed by atoms with Gasteiger partial charge in [-0.15, -0.1) is 0 Å². The van der Waals surface area contributed by atoms with Crippen LogP contribution in [-0.2, 0) is 4.79 Å². The molecule has 0 radical (unpaired) electrons. The molecule has 1 aromatic carbocycles. The van der Waals surface area contributed by atoms with Gasteiger partial charge in [-0.2, -0.15) is 0 Å². The summed E-state index contributed by atoms with van der Waals surface area (Å²) in [5.74, 6) is 0.396. The van der Waals surface area contributed by atoms with Crippen LogP contribution in [0.2, 0.25) is 0 Å². The first-order valence-corrected chi connectivity index (χ1v) is 7.96. The van der Waals surface area contributed by atoms with Crippen molar-refractivity contribution in [1.82, 2.24) is 4.90 Å². The summed E-state index contributed by atoms with van der Waals surface area (Å²) in [6, 6.07) is 9.79. The molecule has 21 heavy (non-hydrogen) atoms. The molecule has 1 aliphatic carbocycles. The fourth-order valence-corrected chi connectivity index (χ4v) is 3.64. The van der Waals surface area contributed by atoms with Gasteiger partial charge in [-0.05, 0) is 31.4 Å². The predicted molar refractivity (Wildman–Crippen MR) is 83.0 cm³/mol. The third-order valence-electron chi connectivity index (χ3n) is 5.00. The lowest BCUT2D eigenvalue weighted by Gasteiger charge is -2.47. The fourth-order valence-electron chi connectivity index (χ4n) is 3.64. The maximum absolute atomic E-state index is 12.3. The van der Waals surface area contributed by atoms with E-state index >= 15 is 0 Å². The van der Waals surface area contributed by atoms with Crippen molar-refractivity contribution >= 4 is 11.6 Å². The zero-order chi connectivity index (χ0) is 14.7. The van der Waals surface area contributed by atoms with E-state index in [1.165, 1.54) is 6.42 Å². The number of carbonyl (C=O) groups is 1. The van der Waals surface area contributed by atoms with Gasteiger partial charge >= 0.3 is 0 Å². The maximum atomic E-state index is 12.3. The predicted octanol–water partition coefficient (Wildman–Crippen LogP) is 2.25. The number of para-hydroxylation sites is 1. The number of piperidine rings is 1. The van der Waals surface area contributed by atoms with E-state index in [0.717, 1.165) is 31.4 Å². The molecule has 1 aliphatic heterocycles. The third kappa shape index (κ3) is 3.21. The summed E-state index contributed by atoms with van der Waals surface area (Å²) in [6.07, 6.45) is 4.98. The van der Waals surface area contributed by atoms with Crippen LogP contribution >= 0.6 is 0 Å². The molecule has 2 aliphatic rings. The topological polar surface area (TPSA) is 52.6 Å². The molecule has 4 nitrogen and oxygen atoms in total. The number of likely N-dealkylation sites (tertiary alicyclic amines) is 1. The molecule has 2 fully saturated rings. The van der Waals surface area contributed by atoms with Crippen LogP contribution in [-0.4, -0.2) is 41.1 Å². The third-order valence-corrected chi connectivity index (χ3v) is 5.00. The van der Waals surface area contributed by atoms with E-state index in [2.05, 4.69) is 5.32 Å². The normalized spacial score (nSPS) is 28.8. The first-order valence-electron chi connectivity index (χ1n) is 7.96. The van der Waals surface area contributed by atoms with Crippen LogP contribution in [0.5, 0.6) is 0 Å². The van der Waals surface area contributed by atoms with Crippen LogP contribution in [0.3, 0.4) is 0 Å². The van der Waals surface area contributed by atoms with E-state index in [9.17, 15) is 9.90 Å². The average Bonchev–Trinajstić information content (AvgIpc) is 2.52. The minimum atomic E-state index is -0.512. The van der Waals surface area contributed by atoms with Crippen LogP contribution in [0, 0.1) is 5.92 Å². The van der Waals surface area contributed by atoms with Crippen molar-refractivity contribution in [2.24, 2.45) is 5.92 Å². The van der Waals surface area contributed by atoms with E-state index in [1.807, 2.05) is 35.2 Å². The largest absolute Gasteiger partial charge is 0.389 e. The second kappa shape index (κ2) is 6.06. The second-order valence-electron chi connectivity index (χ2n) is 6.36. The highest BCUT2D eigenvalue weighted by Gasteiger charge is 2.43. The fraction of sp³-hybridized carbons (Fsp3) is 0.588. The van der Waals surface area contributed by atoms with Crippen LogP contribution in [0.4, 0.5) is 5.69 Å². The van der Waals surface area contributed by atoms with Gasteiger partial charge in [0.1, 0.15) is 0 Å². The smallest absolute Gasteiger partial charge is 0.241 e. The van der Waals surface area contributed by atoms with Crippen molar-refractivity contribution < 1.29 is 9.90 Å². The van der Waals surface area contributed by atoms with E-state index < -0.39 is 5.60 Å². The molecular weight excluding hydrogens is 264 g/mol. The van der Waals surface area contributed by atoms with Crippen LogP contribution in [0.25, 0.3) is 0 Å². The molecule has 2 N–H and O–H groups in total. The maximum Gasteiger partial charge on any atom is 0.241 e. The Labute approximate surface area is 126 Å². The number of aliphatic hydroxyl groups is 1. The molecule has 0 spiro atoms. The second-order valence-corrected chi connectivity index (χ2v) is 6.36. The molecule has 114 valence electrons. The molecule has 2 unspecified atom stereocenters. The van der Waals surface area contributed by atoms with E-state index in [1.54, 1.807) is 0 Å². The lowest BCUT2D eigenvalue weighted by atomic mass is 9.71. The summed E-state index contributed by atoms with van der Waals surface area (Å²) < 4.78 is 0. The van der Waals surface area contributed by atoms with Gasteiger partial charge in [0.25, 0.3) is 0 Å². The minimum absolute atomic E-state index is 0.131. The summed E-state index contributed by atoms with van der Waals surface area (Å²) in [5, 5.41) is 13.8. The Kier molecular flexibility index (Phi) is 4.15. The Morgan fingerprint density at radius 3 is 2.90 bits per heavy atom. The zero-order valence-electron chi connectivity index (χ0n) is 12.4. The lowest BCUT2D eigenvalue weighted by Crippen LogP contribution is -2.55. The number of amides is 1. The van der Waals surface area contributed by atoms with Crippen molar-refractivity contribution in [3.05, 3.63) is 30.3 Å². The van der Waals surface area contributed by atoms with E-state index in [-0.39, 0.29) is 11.8 Å². The Morgan fingerprint density at radius 2 is 2.10 bits per heavy atom. The number of fused-ring (bicyclic) bond motifs is 1. The van der Waals surface area contributed by atoms with Crippen LogP contribution in [0.15, 0.2) is 30.3 Å². The molecular formula is C17H24N2O2. The van der Waals surface area contributed by atoms with Crippen LogP contribution < -0.4 is 5.32 Å². The molecule has 1 heterocycles. The summed E-state index contributed by atoms with van der Waals surface area (Å²) in [5.41, 5.74) is 0.457. The Hall–Kier alpha value is -1.55. The Morgan fingerprint density at radius 1 is 1.29 bits per heavy atom. The molecule has 1 aromatic rings. The number of benzene rings is 1. The molecule has 1 saturated heterocycles. The van der Waals surface area contributed by atoms with E-state index in [4.69, 9.17) is 0 Å². The first-order chi connectivity index (χ1) is 10.2. The van der Waals surface area contributed by atoms with Crippen molar-refractivity contribution in [2.75, 3.05) is 25.0 Å². The molecule has 1 amide bonds. The number of nitrogens with zero attached hydrogens (tertiary/aromatic N) is 1. The number of hydrogen-bond acceptors (Lipinski definition) is 3. The SMILES string of the molecule is O=C(CNc1ccccc1)N1CCC2(O)CCCCC2C1. The van der Waals surface area contributed by atoms with Gasteiger partial charge in [-0.25, -0.2) is 0 Å². The van der Waals surface area contributed by atoms with Crippen molar-refractivity contribution in [3.63, 3.8) is 0 Å². The summed E-state index contributed by atoms with van der Waals surface area (Å²) in [6.45, 7) is 1.73. The van der Waals surface area contributed by atoms with Gasteiger partial charge in [0.05, 0.1) is 12.1 Å². The summed E-state index contributed by atoms with van der Waals surface area (Å²) >= 11 is 0. The van der Waals surface area contributed by atoms with Crippen LogP contribution in [0.1, 0.15) is 32.1 Å². The minimum Gasteiger partial charge on any atom is -0.389 e. The molecule has 0 aromatic heterocycles. The summed E-state index contributed by atoms with van der Waals surface area (Å²) in [7, 11) is 0. The number of hydrogen-bond donors (Lipinski definition) is 2. The molecule has 2 atom stereocenters. The standard InChI is InChI=1S/C17H24N2O2/c20-16(12-18-15-7-2-1-3-8-15)19-11-10-17(21)9-5-4-6-14(17)13-19/h1-3,7-8,14,18,21H,4-6,9-13H2. The monoisotopic (exact) mass is 288 g/mol. The molecule has 4 heteroatoms. The highest BCUT2D eigenvalue weighted by atomic mass is 16.3. The quantitative estimate of drug-likeness (QED) is 0.897. The molecule has 1 saturated carbocycles. The van der Waals surface area contributed by atoms with Crippen molar-refractivity contribution in [2.45, 2.75) is 37.7 Å². The van der Waals surface area contributed by atoms with Gasteiger partial charge in [0, 0.05) is 24.7 Å². The summed E-state index contributed by atoms with van der Waals surface area (Å²) in [4.78, 5) is 14.2. The van der Waals surface area contributed by atoms with Gasteiger partial charge in [-0.1, -0.05) is 31.0 Å². The zero-order valence-corrected chi connectivity index (χ0v) is 12.4.